The molecule has 6 atom stereocenters. The minimum atomic E-state index is -0.570. The van der Waals surface area contributed by atoms with E-state index in [9.17, 15) is 9.90 Å². The van der Waals surface area contributed by atoms with E-state index < -0.39 is 5.97 Å². The molecule has 3 heteroatoms. The molecule has 1 saturated heterocycles. The lowest BCUT2D eigenvalue weighted by atomic mass is 9.79. The lowest BCUT2D eigenvalue weighted by molar-refractivity contribution is -0.145. The van der Waals surface area contributed by atoms with Gasteiger partial charge in [-0.15, -0.1) is 0 Å². The van der Waals surface area contributed by atoms with Crippen LogP contribution in [0.15, 0.2) is 0 Å². The maximum Gasteiger partial charge on any atom is 0.321 e. The van der Waals surface area contributed by atoms with Gasteiger partial charge in [0.1, 0.15) is 6.04 Å². The van der Waals surface area contributed by atoms with E-state index in [1.54, 1.807) is 0 Å². The molecule has 3 aliphatic rings. The summed E-state index contributed by atoms with van der Waals surface area (Å²) in [7, 11) is 0. The largest absolute Gasteiger partial charge is 0.480 e. The Morgan fingerprint density at radius 1 is 1.16 bits per heavy atom. The zero-order valence-corrected chi connectivity index (χ0v) is 12.2. The van der Waals surface area contributed by atoms with Crippen molar-refractivity contribution in [3.8, 4) is 0 Å². The maximum atomic E-state index is 11.7. The molecule has 0 radical (unpaired) electrons. The molecular formula is C16H27NO2. The van der Waals surface area contributed by atoms with Gasteiger partial charge < -0.3 is 5.11 Å². The molecule has 3 rings (SSSR count). The number of nitrogens with zero attached hydrogens (tertiary/aromatic N) is 1. The molecule has 3 fully saturated rings. The molecule has 0 spiro atoms. The molecule has 6 unspecified atom stereocenters. The lowest BCUT2D eigenvalue weighted by Gasteiger charge is -2.41. The number of hydrogen-bond donors (Lipinski definition) is 1. The smallest absolute Gasteiger partial charge is 0.321 e. The highest BCUT2D eigenvalue weighted by molar-refractivity contribution is 5.74. The Hall–Kier alpha value is -0.570. The van der Waals surface area contributed by atoms with Crippen LogP contribution in [-0.4, -0.2) is 34.6 Å². The van der Waals surface area contributed by atoms with Crippen LogP contribution in [0.4, 0.5) is 0 Å². The summed E-state index contributed by atoms with van der Waals surface area (Å²) in [6, 6.07) is 0.320. The second-order valence-electron chi connectivity index (χ2n) is 7.30. The van der Waals surface area contributed by atoms with E-state index in [1.807, 2.05) is 0 Å². The van der Waals surface area contributed by atoms with Crippen molar-refractivity contribution in [1.82, 2.24) is 4.90 Å². The van der Waals surface area contributed by atoms with E-state index in [1.165, 1.54) is 32.1 Å². The van der Waals surface area contributed by atoms with Crippen LogP contribution in [-0.2, 0) is 4.79 Å². The molecule has 0 aromatic heterocycles. The van der Waals surface area contributed by atoms with Gasteiger partial charge in [-0.05, 0) is 49.4 Å². The van der Waals surface area contributed by atoms with E-state index in [4.69, 9.17) is 0 Å². The van der Waals surface area contributed by atoms with E-state index in [-0.39, 0.29) is 6.04 Å². The number of carbonyl (C=O) groups is 1. The number of likely N-dealkylation sites (tertiary alicyclic amines) is 1. The summed E-state index contributed by atoms with van der Waals surface area (Å²) in [5.41, 5.74) is 0. The van der Waals surface area contributed by atoms with Crippen molar-refractivity contribution in [2.75, 3.05) is 6.54 Å². The van der Waals surface area contributed by atoms with Gasteiger partial charge >= 0.3 is 5.97 Å². The van der Waals surface area contributed by atoms with Crippen LogP contribution >= 0.6 is 0 Å². The van der Waals surface area contributed by atoms with Gasteiger partial charge in [0.2, 0.25) is 0 Å². The number of rotatable bonds is 2. The minimum absolute atomic E-state index is 0.190. The first-order valence-electron chi connectivity index (χ1n) is 8.06. The van der Waals surface area contributed by atoms with Gasteiger partial charge in [0.25, 0.3) is 0 Å². The summed E-state index contributed by atoms with van der Waals surface area (Å²) < 4.78 is 0. The molecule has 0 bridgehead atoms. The Kier molecular flexibility index (Phi) is 3.59. The summed E-state index contributed by atoms with van der Waals surface area (Å²) >= 11 is 0. The molecule has 2 saturated carbocycles. The van der Waals surface area contributed by atoms with Gasteiger partial charge in [-0.25, -0.2) is 0 Å². The average Bonchev–Trinajstić information content (AvgIpc) is 2.91. The van der Waals surface area contributed by atoms with E-state index in [2.05, 4.69) is 18.7 Å². The molecule has 0 aromatic carbocycles. The van der Waals surface area contributed by atoms with Crippen molar-refractivity contribution >= 4 is 5.97 Å². The molecule has 0 amide bonds. The standard InChI is InChI=1S/C16H27NO2/c1-10-6-7-11(2)14(8-10)17-9-12-4-3-5-13(12)15(17)16(18)19/h10-15H,3-9H2,1-2H3,(H,18,19). The summed E-state index contributed by atoms with van der Waals surface area (Å²) in [4.78, 5) is 14.1. The third-order valence-electron chi connectivity index (χ3n) is 6.02. The summed E-state index contributed by atoms with van der Waals surface area (Å²) in [6.45, 7) is 5.69. The van der Waals surface area contributed by atoms with E-state index in [0.717, 1.165) is 18.9 Å². The first-order valence-corrected chi connectivity index (χ1v) is 8.06. The topological polar surface area (TPSA) is 40.5 Å². The van der Waals surface area contributed by atoms with Crippen LogP contribution in [0.1, 0.15) is 52.4 Å². The highest BCUT2D eigenvalue weighted by Crippen LogP contribution is 2.45. The monoisotopic (exact) mass is 265 g/mol. The lowest BCUT2D eigenvalue weighted by Crippen LogP contribution is -2.50. The number of carboxylic acid groups (broad SMARTS) is 1. The first-order chi connectivity index (χ1) is 9.08. The molecule has 3 nitrogen and oxygen atoms in total. The second-order valence-corrected chi connectivity index (χ2v) is 7.30. The molecule has 1 heterocycles. The van der Waals surface area contributed by atoms with Gasteiger partial charge in [-0.3, -0.25) is 9.69 Å². The number of fused-ring (bicyclic) bond motifs is 1. The third-order valence-corrected chi connectivity index (χ3v) is 6.02. The average molecular weight is 265 g/mol. The van der Waals surface area contributed by atoms with Crippen LogP contribution in [0.2, 0.25) is 0 Å². The van der Waals surface area contributed by atoms with Crippen molar-refractivity contribution in [3.63, 3.8) is 0 Å². The summed E-state index contributed by atoms with van der Waals surface area (Å²) in [6.07, 6.45) is 7.41. The predicted octanol–water partition coefficient (Wildman–Crippen LogP) is 3.00. The first kappa shape index (κ1) is 13.4. The molecule has 19 heavy (non-hydrogen) atoms. The Labute approximate surface area is 116 Å². The van der Waals surface area contributed by atoms with Gasteiger partial charge in [0, 0.05) is 12.6 Å². The maximum absolute atomic E-state index is 11.7. The zero-order valence-electron chi connectivity index (χ0n) is 12.2. The van der Waals surface area contributed by atoms with Crippen molar-refractivity contribution < 1.29 is 9.90 Å². The van der Waals surface area contributed by atoms with E-state index >= 15 is 0 Å². The number of carboxylic acids is 1. The Morgan fingerprint density at radius 2 is 1.95 bits per heavy atom. The van der Waals surface area contributed by atoms with Crippen molar-refractivity contribution in [2.45, 2.75) is 64.5 Å². The zero-order chi connectivity index (χ0) is 13.6. The van der Waals surface area contributed by atoms with Crippen LogP contribution in [0.5, 0.6) is 0 Å². The SMILES string of the molecule is CC1CCC(C)C(N2CC3CCCC3C2C(=O)O)C1. The fraction of sp³-hybridized carbons (Fsp3) is 0.938. The van der Waals surface area contributed by atoms with Crippen molar-refractivity contribution in [2.24, 2.45) is 23.7 Å². The third kappa shape index (κ3) is 2.31. The second kappa shape index (κ2) is 5.08. The number of hydrogen-bond acceptors (Lipinski definition) is 2. The van der Waals surface area contributed by atoms with E-state index in [0.29, 0.717) is 23.8 Å². The quantitative estimate of drug-likeness (QED) is 0.834. The number of aliphatic carboxylic acids is 1. The van der Waals surface area contributed by atoms with Crippen LogP contribution in [0.3, 0.4) is 0 Å². The van der Waals surface area contributed by atoms with Gasteiger partial charge in [0.05, 0.1) is 0 Å². The Bertz CT molecular complexity index is 357. The summed E-state index contributed by atoms with van der Waals surface area (Å²) in [5, 5.41) is 9.67. The van der Waals surface area contributed by atoms with Crippen LogP contribution in [0, 0.1) is 23.7 Å². The highest BCUT2D eigenvalue weighted by Gasteiger charge is 2.50. The molecular weight excluding hydrogens is 238 g/mol. The molecule has 108 valence electrons. The molecule has 1 N–H and O–H groups in total. The minimum Gasteiger partial charge on any atom is -0.480 e. The van der Waals surface area contributed by atoms with Gasteiger partial charge in [-0.1, -0.05) is 26.7 Å². The fourth-order valence-corrected chi connectivity index (χ4v) is 4.97. The Balaban J connectivity index is 1.80. The Morgan fingerprint density at radius 3 is 2.68 bits per heavy atom. The molecule has 0 aromatic rings. The fourth-order valence-electron chi connectivity index (χ4n) is 4.97. The van der Waals surface area contributed by atoms with Gasteiger partial charge in [0.15, 0.2) is 0 Å². The normalized spacial score (nSPS) is 47.3. The summed E-state index contributed by atoms with van der Waals surface area (Å²) in [5.74, 6) is 1.94. The van der Waals surface area contributed by atoms with Crippen LogP contribution in [0.25, 0.3) is 0 Å². The predicted molar refractivity (Wildman–Crippen MR) is 74.9 cm³/mol. The molecule has 1 aliphatic heterocycles. The highest BCUT2D eigenvalue weighted by atomic mass is 16.4. The van der Waals surface area contributed by atoms with Crippen molar-refractivity contribution in [1.29, 1.82) is 0 Å². The van der Waals surface area contributed by atoms with Crippen LogP contribution < -0.4 is 0 Å². The molecule has 2 aliphatic carbocycles. The van der Waals surface area contributed by atoms with Gasteiger partial charge in [-0.2, -0.15) is 0 Å². The van der Waals surface area contributed by atoms with Crippen molar-refractivity contribution in [3.05, 3.63) is 0 Å².